The van der Waals surface area contributed by atoms with Gasteiger partial charge in [-0.1, -0.05) is 6.07 Å². The standard InChI is InChI=1S/C23H30N2O5/c1-27-19-5-7-20(8-6-19)30-15-14-24-10-12-25(13-11-24)23(26)17-18-4-9-21(28-2)22(16-18)29-3/h4-9,16H,10-15,17H2,1-3H3. The summed E-state index contributed by atoms with van der Waals surface area (Å²) in [7, 11) is 4.85. The van der Waals surface area contributed by atoms with Gasteiger partial charge in [-0.3, -0.25) is 9.69 Å². The highest BCUT2D eigenvalue weighted by atomic mass is 16.5. The van der Waals surface area contributed by atoms with Crippen molar-refractivity contribution in [3.8, 4) is 23.0 Å². The van der Waals surface area contributed by atoms with Gasteiger partial charge in [0.2, 0.25) is 5.91 Å². The van der Waals surface area contributed by atoms with E-state index in [4.69, 9.17) is 18.9 Å². The van der Waals surface area contributed by atoms with Gasteiger partial charge in [0, 0.05) is 32.7 Å². The van der Waals surface area contributed by atoms with Crippen LogP contribution in [0.25, 0.3) is 0 Å². The average Bonchev–Trinajstić information content (AvgIpc) is 2.79. The van der Waals surface area contributed by atoms with Crippen molar-refractivity contribution in [3.05, 3.63) is 48.0 Å². The molecule has 0 N–H and O–H groups in total. The number of carbonyl (C=O) groups excluding carboxylic acids is 1. The summed E-state index contributed by atoms with van der Waals surface area (Å²) in [6.07, 6.45) is 0.362. The van der Waals surface area contributed by atoms with E-state index in [1.165, 1.54) is 0 Å². The van der Waals surface area contributed by atoms with Crippen LogP contribution < -0.4 is 18.9 Å². The lowest BCUT2D eigenvalue weighted by molar-refractivity contribution is -0.132. The molecule has 0 spiro atoms. The van der Waals surface area contributed by atoms with Crippen molar-refractivity contribution in [1.82, 2.24) is 9.80 Å². The number of nitrogens with zero attached hydrogens (tertiary/aromatic N) is 2. The average molecular weight is 415 g/mol. The van der Waals surface area contributed by atoms with E-state index in [0.717, 1.165) is 49.8 Å². The van der Waals surface area contributed by atoms with Gasteiger partial charge in [0.1, 0.15) is 18.1 Å². The first-order chi connectivity index (χ1) is 14.6. The van der Waals surface area contributed by atoms with Crippen molar-refractivity contribution in [2.75, 3.05) is 60.7 Å². The minimum Gasteiger partial charge on any atom is -0.497 e. The molecule has 0 unspecified atom stereocenters. The second kappa shape index (κ2) is 10.7. The van der Waals surface area contributed by atoms with Gasteiger partial charge in [0.15, 0.2) is 11.5 Å². The van der Waals surface area contributed by atoms with Crippen molar-refractivity contribution in [2.24, 2.45) is 0 Å². The predicted octanol–water partition coefficient (Wildman–Crippen LogP) is 2.48. The number of methoxy groups -OCH3 is 3. The van der Waals surface area contributed by atoms with Crippen LogP contribution in [0.5, 0.6) is 23.0 Å². The van der Waals surface area contributed by atoms with Gasteiger partial charge in [0.25, 0.3) is 0 Å². The van der Waals surface area contributed by atoms with E-state index >= 15 is 0 Å². The molecule has 1 saturated heterocycles. The lowest BCUT2D eigenvalue weighted by atomic mass is 10.1. The molecule has 2 aromatic rings. The second-order valence-corrected chi connectivity index (χ2v) is 7.11. The topological polar surface area (TPSA) is 60.5 Å². The molecule has 1 heterocycles. The maximum absolute atomic E-state index is 12.7. The molecule has 7 heteroatoms. The zero-order valence-electron chi connectivity index (χ0n) is 17.9. The number of amides is 1. The third-order valence-electron chi connectivity index (χ3n) is 5.26. The molecule has 1 fully saturated rings. The summed E-state index contributed by atoms with van der Waals surface area (Å²) in [4.78, 5) is 16.9. The normalized spacial score (nSPS) is 14.3. The fraction of sp³-hybridized carbons (Fsp3) is 0.435. The van der Waals surface area contributed by atoms with E-state index in [2.05, 4.69) is 4.90 Å². The van der Waals surface area contributed by atoms with E-state index in [1.54, 1.807) is 21.3 Å². The summed E-state index contributed by atoms with van der Waals surface area (Å²) in [6, 6.07) is 13.2. The highest BCUT2D eigenvalue weighted by Gasteiger charge is 2.21. The summed E-state index contributed by atoms with van der Waals surface area (Å²) in [5, 5.41) is 0. The molecule has 0 bridgehead atoms. The predicted molar refractivity (Wildman–Crippen MR) is 115 cm³/mol. The van der Waals surface area contributed by atoms with Crippen LogP contribution in [-0.2, 0) is 11.2 Å². The molecule has 162 valence electrons. The maximum Gasteiger partial charge on any atom is 0.227 e. The molecule has 3 rings (SSSR count). The summed E-state index contributed by atoms with van der Waals surface area (Å²) in [6.45, 7) is 4.62. The van der Waals surface area contributed by atoms with E-state index in [9.17, 15) is 4.79 Å². The number of rotatable bonds is 9. The number of ether oxygens (including phenoxy) is 4. The van der Waals surface area contributed by atoms with Crippen LogP contribution in [0.15, 0.2) is 42.5 Å². The first-order valence-corrected chi connectivity index (χ1v) is 10.1. The van der Waals surface area contributed by atoms with Crippen LogP contribution >= 0.6 is 0 Å². The van der Waals surface area contributed by atoms with Crippen LogP contribution in [0.4, 0.5) is 0 Å². The van der Waals surface area contributed by atoms with Crippen LogP contribution in [0.3, 0.4) is 0 Å². The molecule has 0 aliphatic carbocycles. The Labute approximate surface area is 178 Å². The van der Waals surface area contributed by atoms with Crippen LogP contribution in [-0.4, -0.2) is 76.4 Å². The molecule has 0 saturated carbocycles. The van der Waals surface area contributed by atoms with Crippen molar-refractivity contribution >= 4 is 5.91 Å². The van der Waals surface area contributed by atoms with E-state index < -0.39 is 0 Å². The van der Waals surface area contributed by atoms with Crippen molar-refractivity contribution in [2.45, 2.75) is 6.42 Å². The SMILES string of the molecule is COc1ccc(OCCN2CCN(C(=O)Cc3ccc(OC)c(OC)c3)CC2)cc1. The number of benzene rings is 2. The van der Waals surface area contributed by atoms with Crippen molar-refractivity contribution in [3.63, 3.8) is 0 Å². The first-order valence-electron chi connectivity index (χ1n) is 10.1. The molecule has 1 aliphatic rings. The Morgan fingerprint density at radius 1 is 0.833 bits per heavy atom. The van der Waals surface area contributed by atoms with Crippen LogP contribution in [0.1, 0.15) is 5.56 Å². The van der Waals surface area contributed by atoms with Crippen molar-refractivity contribution < 1.29 is 23.7 Å². The number of piperazine rings is 1. The van der Waals surface area contributed by atoms with E-state index in [1.807, 2.05) is 47.4 Å². The molecule has 30 heavy (non-hydrogen) atoms. The Morgan fingerprint density at radius 2 is 1.50 bits per heavy atom. The van der Waals surface area contributed by atoms with Gasteiger partial charge in [0.05, 0.1) is 27.8 Å². The third kappa shape index (κ3) is 5.79. The Bertz CT molecular complexity index is 817. The highest BCUT2D eigenvalue weighted by Crippen LogP contribution is 2.28. The summed E-state index contributed by atoms with van der Waals surface area (Å²) in [5.41, 5.74) is 0.924. The van der Waals surface area contributed by atoms with Gasteiger partial charge >= 0.3 is 0 Å². The van der Waals surface area contributed by atoms with Gasteiger partial charge in [-0.25, -0.2) is 0 Å². The Balaban J connectivity index is 1.40. The maximum atomic E-state index is 12.7. The minimum absolute atomic E-state index is 0.136. The van der Waals surface area contributed by atoms with Gasteiger partial charge in [-0.05, 0) is 42.0 Å². The lowest BCUT2D eigenvalue weighted by Crippen LogP contribution is -2.49. The van der Waals surface area contributed by atoms with Gasteiger partial charge < -0.3 is 23.8 Å². The monoisotopic (exact) mass is 414 g/mol. The smallest absolute Gasteiger partial charge is 0.227 e. The molecule has 2 aromatic carbocycles. The molecule has 0 radical (unpaired) electrons. The second-order valence-electron chi connectivity index (χ2n) is 7.11. The molecule has 1 aliphatic heterocycles. The zero-order chi connectivity index (χ0) is 21.3. The van der Waals surface area contributed by atoms with Gasteiger partial charge in [-0.2, -0.15) is 0 Å². The Kier molecular flexibility index (Phi) is 7.79. The molecular formula is C23H30N2O5. The lowest BCUT2D eigenvalue weighted by Gasteiger charge is -2.34. The fourth-order valence-electron chi connectivity index (χ4n) is 3.46. The third-order valence-corrected chi connectivity index (χ3v) is 5.26. The Morgan fingerprint density at radius 3 is 2.13 bits per heavy atom. The van der Waals surface area contributed by atoms with E-state index in [0.29, 0.717) is 24.5 Å². The summed E-state index contributed by atoms with van der Waals surface area (Å²) in [5.74, 6) is 3.09. The summed E-state index contributed by atoms with van der Waals surface area (Å²) >= 11 is 0. The molecule has 0 aromatic heterocycles. The van der Waals surface area contributed by atoms with Crippen LogP contribution in [0.2, 0.25) is 0 Å². The summed E-state index contributed by atoms with van der Waals surface area (Å²) < 4.78 is 21.5. The fourth-order valence-corrected chi connectivity index (χ4v) is 3.46. The highest BCUT2D eigenvalue weighted by molar-refractivity contribution is 5.79. The van der Waals surface area contributed by atoms with Gasteiger partial charge in [-0.15, -0.1) is 0 Å². The molecular weight excluding hydrogens is 384 g/mol. The first kappa shape index (κ1) is 21.8. The minimum atomic E-state index is 0.136. The zero-order valence-corrected chi connectivity index (χ0v) is 17.9. The number of carbonyl (C=O) groups is 1. The van der Waals surface area contributed by atoms with E-state index in [-0.39, 0.29) is 5.91 Å². The van der Waals surface area contributed by atoms with Crippen LogP contribution in [0, 0.1) is 0 Å². The number of hydrogen-bond acceptors (Lipinski definition) is 6. The molecule has 1 amide bonds. The quantitative estimate of drug-likeness (QED) is 0.628. The Hall–Kier alpha value is -2.93. The molecule has 7 nitrogen and oxygen atoms in total. The molecule has 0 atom stereocenters. The number of hydrogen-bond donors (Lipinski definition) is 0. The largest absolute Gasteiger partial charge is 0.497 e. The van der Waals surface area contributed by atoms with Crippen molar-refractivity contribution in [1.29, 1.82) is 0 Å².